The Balaban J connectivity index is 1.47. The molecule has 1 fully saturated rings. The second kappa shape index (κ2) is 9.07. The van der Waals surface area contributed by atoms with Crippen LogP contribution in [-0.2, 0) is 11.3 Å². The number of carbonyl (C=O) groups is 1. The lowest BCUT2D eigenvalue weighted by Gasteiger charge is -2.31. The zero-order valence-corrected chi connectivity index (χ0v) is 15.4. The SMILES string of the molecule is CCOC(=O)N1CCC(NC(N)=NCc2ncc(-c3ccccc3)o2)CC1. The molecule has 3 rings (SSSR count). The van der Waals surface area contributed by atoms with E-state index < -0.39 is 0 Å². The molecular formula is C19H25N5O3. The highest BCUT2D eigenvalue weighted by Crippen LogP contribution is 2.20. The number of benzene rings is 1. The van der Waals surface area contributed by atoms with Crippen LogP contribution >= 0.6 is 0 Å². The predicted octanol–water partition coefficient (Wildman–Crippen LogP) is 2.37. The Labute approximate surface area is 158 Å². The van der Waals surface area contributed by atoms with Gasteiger partial charge in [-0.05, 0) is 19.8 Å². The highest BCUT2D eigenvalue weighted by Gasteiger charge is 2.23. The Morgan fingerprint density at radius 3 is 2.81 bits per heavy atom. The molecule has 27 heavy (non-hydrogen) atoms. The topological polar surface area (TPSA) is 106 Å². The normalized spacial score (nSPS) is 15.6. The summed E-state index contributed by atoms with van der Waals surface area (Å²) in [6, 6.07) is 9.96. The molecule has 3 N–H and O–H groups in total. The van der Waals surface area contributed by atoms with Crippen molar-refractivity contribution >= 4 is 12.1 Å². The van der Waals surface area contributed by atoms with Gasteiger partial charge in [-0.25, -0.2) is 14.8 Å². The van der Waals surface area contributed by atoms with Crippen molar-refractivity contribution in [2.24, 2.45) is 10.7 Å². The van der Waals surface area contributed by atoms with E-state index in [1.165, 1.54) is 0 Å². The quantitative estimate of drug-likeness (QED) is 0.617. The number of likely N-dealkylation sites (tertiary alicyclic amines) is 1. The molecule has 2 heterocycles. The molecule has 1 amide bonds. The second-order valence-electron chi connectivity index (χ2n) is 6.29. The molecule has 0 bridgehead atoms. The first kappa shape index (κ1) is 18.8. The minimum atomic E-state index is -0.254. The zero-order chi connectivity index (χ0) is 19.1. The van der Waals surface area contributed by atoms with Gasteiger partial charge in [-0.15, -0.1) is 0 Å². The zero-order valence-electron chi connectivity index (χ0n) is 15.4. The van der Waals surface area contributed by atoms with Gasteiger partial charge in [-0.1, -0.05) is 30.3 Å². The largest absolute Gasteiger partial charge is 0.450 e. The van der Waals surface area contributed by atoms with Gasteiger partial charge in [0.15, 0.2) is 11.7 Å². The highest BCUT2D eigenvalue weighted by molar-refractivity contribution is 5.78. The van der Waals surface area contributed by atoms with E-state index >= 15 is 0 Å². The summed E-state index contributed by atoms with van der Waals surface area (Å²) < 4.78 is 10.7. The van der Waals surface area contributed by atoms with E-state index in [2.05, 4.69) is 15.3 Å². The predicted molar refractivity (Wildman–Crippen MR) is 102 cm³/mol. The van der Waals surface area contributed by atoms with Gasteiger partial charge in [-0.2, -0.15) is 0 Å². The maximum atomic E-state index is 11.7. The Morgan fingerprint density at radius 2 is 2.11 bits per heavy atom. The van der Waals surface area contributed by atoms with Crippen molar-refractivity contribution in [2.75, 3.05) is 19.7 Å². The molecule has 1 saturated heterocycles. The van der Waals surface area contributed by atoms with Gasteiger partial charge >= 0.3 is 6.09 Å². The van der Waals surface area contributed by atoms with Crippen LogP contribution in [0.25, 0.3) is 11.3 Å². The number of oxazole rings is 1. The summed E-state index contributed by atoms with van der Waals surface area (Å²) in [5.41, 5.74) is 6.95. The van der Waals surface area contributed by atoms with E-state index in [4.69, 9.17) is 14.9 Å². The first-order valence-corrected chi connectivity index (χ1v) is 9.14. The molecule has 1 aliphatic heterocycles. The van der Waals surface area contributed by atoms with Crippen LogP contribution in [0.15, 0.2) is 45.9 Å². The number of aliphatic imine (C=N–C) groups is 1. The number of rotatable bonds is 5. The minimum absolute atomic E-state index is 0.184. The summed E-state index contributed by atoms with van der Waals surface area (Å²) in [5, 5.41) is 3.20. The third-order valence-corrected chi connectivity index (χ3v) is 4.37. The lowest BCUT2D eigenvalue weighted by molar-refractivity contribution is 0.0963. The summed E-state index contributed by atoms with van der Waals surface area (Å²) >= 11 is 0. The van der Waals surface area contributed by atoms with Crippen LogP contribution in [0.4, 0.5) is 4.79 Å². The molecule has 8 heteroatoms. The maximum absolute atomic E-state index is 11.7. The first-order chi connectivity index (χ1) is 13.2. The number of ether oxygens (including phenoxy) is 1. The Hall–Kier alpha value is -3.03. The second-order valence-corrected chi connectivity index (χ2v) is 6.29. The molecule has 0 aliphatic carbocycles. The fraction of sp³-hybridized carbons (Fsp3) is 0.421. The van der Waals surface area contributed by atoms with E-state index in [0.717, 1.165) is 18.4 Å². The van der Waals surface area contributed by atoms with E-state index in [1.807, 2.05) is 30.3 Å². The molecule has 0 radical (unpaired) electrons. The van der Waals surface area contributed by atoms with E-state index in [-0.39, 0.29) is 18.7 Å². The van der Waals surface area contributed by atoms with Crippen molar-refractivity contribution in [1.29, 1.82) is 0 Å². The van der Waals surface area contributed by atoms with Crippen LogP contribution in [0, 0.1) is 0 Å². The van der Waals surface area contributed by atoms with E-state index in [9.17, 15) is 4.79 Å². The molecule has 8 nitrogen and oxygen atoms in total. The number of hydrogen-bond acceptors (Lipinski definition) is 5. The van der Waals surface area contributed by atoms with Crippen molar-refractivity contribution < 1.29 is 13.9 Å². The van der Waals surface area contributed by atoms with Gasteiger partial charge < -0.3 is 25.1 Å². The number of nitrogens with zero attached hydrogens (tertiary/aromatic N) is 3. The molecule has 1 aromatic carbocycles. The lowest BCUT2D eigenvalue weighted by Crippen LogP contribution is -2.48. The molecule has 0 atom stereocenters. The number of nitrogens with one attached hydrogen (secondary N) is 1. The molecule has 0 unspecified atom stereocenters. The van der Waals surface area contributed by atoms with Crippen LogP contribution in [-0.4, -0.2) is 47.7 Å². The molecule has 1 aliphatic rings. The number of piperidine rings is 1. The van der Waals surface area contributed by atoms with Crippen molar-refractivity contribution in [3.05, 3.63) is 42.4 Å². The van der Waals surface area contributed by atoms with Gasteiger partial charge in [0, 0.05) is 24.7 Å². The van der Waals surface area contributed by atoms with Crippen molar-refractivity contribution in [3.8, 4) is 11.3 Å². The summed E-state index contributed by atoms with van der Waals surface area (Å²) in [4.78, 5) is 22.0. The lowest BCUT2D eigenvalue weighted by atomic mass is 10.1. The van der Waals surface area contributed by atoms with Crippen molar-refractivity contribution in [3.63, 3.8) is 0 Å². The van der Waals surface area contributed by atoms with Crippen LogP contribution in [0.5, 0.6) is 0 Å². The van der Waals surface area contributed by atoms with E-state index in [0.29, 0.717) is 37.3 Å². The summed E-state index contributed by atoms with van der Waals surface area (Å²) in [6.07, 6.45) is 3.03. The molecule has 0 saturated carbocycles. The van der Waals surface area contributed by atoms with Crippen LogP contribution in [0.1, 0.15) is 25.7 Å². The minimum Gasteiger partial charge on any atom is -0.450 e. The van der Waals surface area contributed by atoms with Gasteiger partial charge in [0.05, 0.1) is 12.8 Å². The number of aromatic nitrogens is 1. The fourth-order valence-electron chi connectivity index (χ4n) is 2.95. The standard InChI is InChI=1S/C19H25N5O3/c1-2-26-19(25)24-10-8-15(9-11-24)23-18(20)22-13-17-21-12-16(27-17)14-6-4-3-5-7-14/h3-7,12,15H,2,8-11,13H2,1H3,(H3,20,22,23). The summed E-state index contributed by atoms with van der Waals surface area (Å²) in [6.45, 7) is 3.75. The third kappa shape index (κ3) is 5.22. The molecule has 0 spiro atoms. The highest BCUT2D eigenvalue weighted by atomic mass is 16.6. The number of guanidine groups is 1. The monoisotopic (exact) mass is 371 g/mol. The van der Waals surface area contributed by atoms with E-state index in [1.54, 1.807) is 18.0 Å². The Kier molecular flexibility index (Phi) is 6.30. The summed E-state index contributed by atoms with van der Waals surface area (Å²) in [7, 11) is 0. The van der Waals surface area contributed by atoms with Crippen molar-refractivity contribution in [1.82, 2.24) is 15.2 Å². The maximum Gasteiger partial charge on any atom is 0.409 e. The van der Waals surface area contributed by atoms with Gasteiger partial charge in [0.1, 0.15) is 6.54 Å². The van der Waals surface area contributed by atoms with Crippen LogP contribution in [0.2, 0.25) is 0 Å². The average molecular weight is 371 g/mol. The average Bonchev–Trinajstić information content (AvgIpc) is 3.17. The van der Waals surface area contributed by atoms with Gasteiger partial charge in [-0.3, -0.25) is 0 Å². The molecule has 2 aromatic rings. The van der Waals surface area contributed by atoms with Gasteiger partial charge in [0.25, 0.3) is 0 Å². The fourth-order valence-corrected chi connectivity index (χ4v) is 2.95. The third-order valence-electron chi connectivity index (χ3n) is 4.37. The number of amides is 1. The van der Waals surface area contributed by atoms with Crippen LogP contribution < -0.4 is 11.1 Å². The van der Waals surface area contributed by atoms with Gasteiger partial charge in [0.2, 0.25) is 5.89 Å². The molecular weight excluding hydrogens is 346 g/mol. The summed E-state index contributed by atoms with van der Waals surface area (Å²) in [5.74, 6) is 1.57. The van der Waals surface area contributed by atoms with Crippen molar-refractivity contribution in [2.45, 2.75) is 32.4 Å². The first-order valence-electron chi connectivity index (χ1n) is 9.14. The Bertz CT molecular complexity index is 767. The molecule has 144 valence electrons. The molecule has 1 aromatic heterocycles. The van der Waals surface area contributed by atoms with Crippen LogP contribution in [0.3, 0.4) is 0 Å². The number of hydrogen-bond donors (Lipinski definition) is 2. The Morgan fingerprint density at radius 1 is 1.37 bits per heavy atom. The number of carbonyl (C=O) groups excluding carboxylic acids is 1. The number of nitrogens with two attached hydrogens (primary N) is 1. The smallest absolute Gasteiger partial charge is 0.409 e.